The van der Waals surface area contributed by atoms with Crippen molar-refractivity contribution >= 4 is 29.2 Å². The number of hydrogen-bond donors (Lipinski definition) is 1. The quantitative estimate of drug-likeness (QED) is 0.632. The Balaban J connectivity index is 1.69. The number of aromatic nitrogens is 1. The lowest BCUT2D eigenvalue weighted by molar-refractivity contribution is -0.119. The van der Waals surface area contributed by atoms with E-state index in [-0.39, 0.29) is 5.82 Å². The molecule has 0 aliphatic heterocycles. The molecule has 7 heteroatoms. The number of nitrogens with one attached hydrogen (secondary N) is 1. The number of hydrogen-bond acceptors (Lipinski definition) is 3. The van der Waals surface area contributed by atoms with Crippen molar-refractivity contribution in [1.82, 2.24) is 4.57 Å². The van der Waals surface area contributed by atoms with Crippen molar-refractivity contribution < 1.29 is 18.7 Å². The van der Waals surface area contributed by atoms with E-state index in [1.165, 1.54) is 12.1 Å². The zero-order valence-electron chi connectivity index (χ0n) is 15.3. The van der Waals surface area contributed by atoms with E-state index in [0.717, 1.165) is 11.4 Å². The third-order valence-electron chi connectivity index (χ3n) is 4.22. The molecule has 0 aliphatic rings. The molecule has 144 valence electrons. The summed E-state index contributed by atoms with van der Waals surface area (Å²) in [5, 5.41) is 2.98. The van der Waals surface area contributed by atoms with E-state index >= 15 is 0 Å². The van der Waals surface area contributed by atoms with Crippen molar-refractivity contribution in [3.05, 3.63) is 82.4 Å². The summed E-state index contributed by atoms with van der Waals surface area (Å²) < 4.78 is 20.1. The summed E-state index contributed by atoms with van der Waals surface area (Å²) in [4.78, 5) is 24.5. The molecule has 3 rings (SSSR count). The van der Waals surface area contributed by atoms with Crippen LogP contribution in [0, 0.1) is 19.7 Å². The fourth-order valence-corrected chi connectivity index (χ4v) is 3.10. The molecule has 0 radical (unpaired) electrons. The average Bonchev–Trinajstić information content (AvgIpc) is 2.97. The predicted molar refractivity (Wildman–Crippen MR) is 106 cm³/mol. The first-order chi connectivity index (χ1) is 13.4. The Morgan fingerprint density at radius 2 is 1.79 bits per heavy atom. The van der Waals surface area contributed by atoms with Gasteiger partial charge in [0.1, 0.15) is 5.82 Å². The van der Waals surface area contributed by atoms with Crippen molar-refractivity contribution in [2.75, 3.05) is 11.9 Å². The zero-order chi connectivity index (χ0) is 20.3. The molecule has 0 fully saturated rings. The maximum absolute atomic E-state index is 13.2. The molecular formula is C21H18ClFN2O3. The van der Waals surface area contributed by atoms with Gasteiger partial charge in [-0.25, -0.2) is 9.18 Å². The lowest BCUT2D eigenvalue weighted by Crippen LogP contribution is -2.21. The summed E-state index contributed by atoms with van der Waals surface area (Å²) in [6.07, 6.45) is 0. The molecule has 0 saturated heterocycles. The second-order valence-corrected chi connectivity index (χ2v) is 6.61. The average molecular weight is 401 g/mol. The number of aryl methyl sites for hydroxylation is 1. The third-order valence-corrected chi connectivity index (χ3v) is 4.55. The van der Waals surface area contributed by atoms with Crippen molar-refractivity contribution in [1.29, 1.82) is 0 Å². The van der Waals surface area contributed by atoms with Gasteiger partial charge in [-0.1, -0.05) is 23.7 Å². The molecule has 1 N–H and O–H groups in total. The molecule has 1 amide bonds. The number of carbonyl (C=O) groups is 2. The van der Waals surface area contributed by atoms with Crippen LogP contribution in [0.1, 0.15) is 21.7 Å². The summed E-state index contributed by atoms with van der Waals surface area (Å²) in [7, 11) is 0. The van der Waals surface area contributed by atoms with E-state index < -0.39 is 18.5 Å². The Morgan fingerprint density at radius 3 is 2.46 bits per heavy atom. The van der Waals surface area contributed by atoms with Gasteiger partial charge >= 0.3 is 5.97 Å². The molecule has 0 bridgehead atoms. The molecule has 5 nitrogen and oxygen atoms in total. The fraction of sp³-hybridized carbons (Fsp3) is 0.143. The van der Waals surface area contributed by atoms with E-state index in [0.29, 0.717) is 22.0 Å². The van der Waals surface area contributed by atoms with Crippen LogP contribution >= 0.6 is 11.6 Å². The summed E-state index contributed by atoms with van der Waals surface area (Å²) in [5.41, 5.74) is 2.94. The van der Waals surface area contributed by atoms with Gasteiger partial charge in [0.25, 0.3) is 5.91 Å². The molecule has 0 aliphatic carbocycles. The van der Waals surface area contributed by atoms with Crippen LogP contribution < -0.4 is 5.32 Å². The van der Waals surface area contributed by atoms with Crippen LogP contribution in [-0.2, 0) is 9.53 Å². The minimum Gasteiger partial charge on any atom is -0.452 e. The topological polar surface area (TPSA) is 60.3 Å². The van der Waals surface area contributed by atoms with E-state index in [1.54, 1.807) is 49.4 Å². The zero-order valence-corrected chi connectivity index (χ0v) is 16.1. The fourth-order valence-electron chi connectivity index (χ4n) is 2.91. The molecule has 0 atom stereocenters. The number of rotatable bonds is 5. The standard InChI is InChI=1S/C21H18ClFN2O3/c1-13-11-17(14(2)25(13)16-9-7-15(23)8-10-16)21(27)28-12-20(26)24-19-6-4-3-5-18(19)22/h3-11H,12H2,1-2H3,(H,24,26). The van der Waals surface area contributed by atoms with E-state index in [2.05, 4.69) is 5.32 Å². The van der Waals surface area contributed by atoms with E-state index in [9.17, 15) is 14.0 Å². The van der Waals surface area contributed by atoms with Crippen molar-refractivity contribution in [2.45, 2.75) is 13.8 Å². The maximum atomic E-state index is 13.2. The number of anilines is 1. The van der Waals surface area contributed by atoms with Crippen LogP contribution in [0.15, 0.2) is 54.6 Å². The largest absolute Gasteiger partial charge is 0.452 e. The minimum atomic E-state index is -0.615. The molecule has 0 spiro atoms. The first-order valence-corrected chi connectivity index (χ1v) is 8.91. The monoisotopic (exact) mass is 400 g/mol. The van der Waals surface area contributed by atoms with Crippen molar-refractivity contribution in [2.24, 2.45) is 0 Å². The normalized spacial score (nSPS) is 10.6. The second kappa shape index (κ2) is 8.27. The molecular weight excluding hydrogens is 383 g/mol. The van der Waals surface area contributed by atoms with Gasteiger partial charge < -0.3 is 14.6 Å². The number of esters is 1. The molecule has 2 aromatic carbocycles. The van der Waals surface area contributed by atoms with Crippen LogP contribution in [0.5, 0.6) is 0 Å². The van der Waals surface area contributed by atoms with Crippen LogP contribution in [0.25, 0.3) is 5.69 Å². The lowest BCUT2D eigenvalue weighted by atomic mass is 10.2. The Labute approximate surface area is 166 Å². The highest BCUT2D eigenvalue weighted by molar-refractivity contribution is 6.33. The number of amides is 1. The molecule has 3 aromatic rings. The van der Waals surface area contributed by atoms with E-state index in [4.69, 9.17) is 16.3 Å². The van der Waals surface area contributed by atoms with Crippen molar-refractivity contribution in [3.8, 4) is 5.69 Å². The molecule has 1 heterocycles. The van der Waals surface area contributed by atoms with Crippen LogP contribution in [-0.4, -0.2) is 23.1 Å². The Morgan fingerprint density at radius 1 is 1.11 bits per heavy atom. The summed E-state index contributed by atoms with van der Waals surface area (Å²) in [6.45, 7) is 3.15. The van der Waals surface area contributed by atoms with Crippen LogP contribution in [0.3, 0.4) is 0 Å². The summed E-state index contributed by atoms with van der Waals surface area (Å²) >= 11 is 5.99. The second-order valence-electron chi connectivity index (χ2n) is 6.20. The van der Waals surface area contributed by atoms with Gasteiger partial charge in [0.2, 0.25) is 0 Å². The molecule has 28 heavy (non-hydrogen) atoms. The van der Waals surface area contributed by atoms with Gasteiger partial charge in [-0.2, -0.15) is 0 Å². The molecule has 0 saturated carbocycles. The summed E-state index contributed by atoms with van der Waals surface area (Å²) in [6, 6.07) is 14.4. The number of ether oxygens (including phenoxy) is 1. The first-order valence-electron chi connectivity index (χ1n) is 8.53. The number of para-hydroxylation sites is 1. The minimum absolute atomic E-state index is 0.338. The SMILES string of the molecule is Cc1cc(C(=O)OCC(=O)Nc2ccccc2Cl)c(C)n1-c1ccc(F)cc1. The molecule has 0 unspecified atom stereocenters. The van der Waals surface area contributed by atoms with Gasteiger partial charge in [0.05, 0.1) is 16.3 Å². The highest BCUT2D eigenvalue weighted by Gasteiger charge is 2.19. The van der Waals surface area contributed by atoms with Gasteiger partial charge in [-0.3, -0.25) is 4.79 Å². The highest BCUT2D eigenvalue weighted by Crippen LogP contribution is 2.22. The number of benzene rings is 2. The smallest absolute Gasteiger partial charge is 0.340 e. The molecule has 1 aromatic heterocycles. The van der Waals surface area contributed by atoms with Gasteiger partial charge in [-0.05, 0) is 56.3 Å². The first kappa shape index (κ1) is 19.6. The van der Waals surface area contributed by atoms with Crippen LogP contribution in [0.2, 0.25) is 5.02 Å². The lowest BCUT2D eigenvalue weighted by Gasteiger charge is -2.10. The van der Waals surface area contributed by atoms with Crippen molar-refractivity contribution in [3.63, 3.8) is 0 Å². The predicted octanol–water partition coefficient (Wildman–Crippen LogP) is 4.68. The Hall–Kier alpha value is -3.12. The van der Waals surface area contributed by atoms with Gasteiger partial charge in [0.15, 0.2) is 6.61 Å². The number of halogens is 2. The number of nitrogens with zero attached hydrogens (tertiary/aromatic N) is 1. The van der Waals surface area contributed by atoms with Gasteiger partial charge in [0, 0.05) is 17.1 Å². The van der Waals surface area contributed by atoms with Crippen LogP contribution in [0.4, 0.5) is 10.1 Å². The Bertz CT molecular complexity index is 1030. The summed E-state index contributed by atoms with van der Waals surface area (Å²) in [5.74, 6) is -1.44. The van der Waals surface area contributed by atoms with E-state index in [1.807, 2.05) is 11.5 Å². The Kier molecular flexibility index (Phi) is 5.80. The third kappa shape index (κ3) is 4.23. The maximum Gasteiger partial charge on any atom is 0.340 e. The van der Waals surface area contributed by atoms with Gasteiger partial charge in [-0.15, -0.1) is 0 Å². The highest BCUT2D eigenvalue weighted by atomic mass is 35.5. The number of carbonyl (C=O) groups excluding carboxylic acids is 2.